The van der Waals surface area contributed by atoms with Crippen molar-refractivity contribution >= 4 is 17.7 Å². The first kappa shape index (κ1) is 19.0. The minimum atomic E-state index is -0.397. The van der Waals surface area contributed by atoms with Crippen LogP contribution in [0.15, 0.2) is 39.9 Å². The van der Waals surface area contributed by atoms with Crippen LogP contribution in [0.3, 0.4) is 0 Å². The monoisotopic (exact) mass is 387 g/mol. The van der Waals surface area contributed by atoms with E-state index in [9.17, 15) is 4.79 Å². The summed E-state index contributed by atoms with van der Waals surface area (Å²) in [6, 6.07) is 9.43. The van der Waals surface area contributed by atoms with Crippen LogP contribution in [0.4, 0.5) is 0 Å². The van der Waals surface area contributed by atoms with Crippen molar-refractivity contribution in [2.24, 2.45) is 0 Å². The van der Waals surface area contributed by atoms with Crippen molar-refractivity contribution in [2.45, 2.75) is 31.3 Å². The second-order valence-electron chi connectivity index (χ2n) is 5.74. The van der Waals surface area contributed by atoms with E-state index in [4.69, 9.17) is 13.9 Å². The molecule has 0 saturated heterocycles. The van der Waals surface area contributed by atoms with Gasteiger partial charge in [-0.1, -0.05) is 11.8 Å². The molecule has 1 aromatic carbocycles. The van der Waals surface area contributed by atoms with Crippen molar-refractivity contribution in [2.75, 3.05) is 14.2 Å². The number of hydrogen-bond acceptors (Lipinski definition) is 7. The number of carbonyl (C=O) groups excluding carboxylic acids is 1. The molecule has 0 aliphatic carbocycles. The Balaban J connectivity index is 1.78. The van der Waals surface area contributed by atoms with E-state index in [2.05, 4.69) is 10.2 Å². The van der Waals surface area contributed by atoms with Crippen LogP contribution in [0.2, 0.25) is 0 Å². The van der Waals surface area contributed by atoms with Gasteiger partial charge in [0.1, 0.15) is 22.8 Å². The van der Waals surface area contributed by atoms with Crippen LogP contribution >= 0.6 is 11.8 Å². The number of ether oxygens (including phenoxy) is 2. The molecule has 0 radical (unpaired) electrons. The van der Waals surface area contributed by atoms with Crippen LogP contribution in [0.5, 0.6) is 5.75 Å². The summed E-state index contributed by atoms with van der Waals surface area (Å²) in [6.07, 6.45) is 0. The fourth-order valence-corrected chi connectivity index (χ4v) is 3.58. The van der Waals surface area contributed by atoms with Gasteiger partial charge in [0, 0.05) is 12.1 Å². The van der Waals surface area contributed by atoms with Gasteiger partial charge in [-0.3, -0.25) is 0 Å². The van der Waals surface area contributed by atoms with Gasteiger partial charge in [0.25, 0.3) is 0 Å². The van der Waals surface area contributed by atoms with Gasteiger partial charge in [-0.15, -0.1) is 10.2 Å². The minimum Gasteiger partial charge on any atom is -0.497 e. The predicted octanol–water partition coefficient (Wildman–Crippen LogP) is 3.95. The number of aromatic nitrogens is 3. The highest BCUT2D eigenvalue weighted by Gasteiger charge is 2.17. The first-order chi connectivity index (χ1) is 13.1. The maximum atomic E-state index is 11.7. The van der Waals surface area contributed by atoms with Crippen LogP contribution in [0, 0.1) is 6.92 Å². The average molecular weight is 387 g/mol. The molecule has 27 heavy (non-hydrogen) atoms. The third-order valence-electron chi connectivity index (χ3n) is 4.10. The van der Waals surface area contributed by atoms with E-state index in [1.54, 1.807) is 20.1 Å². The number of hydrogen-bond donors (Lipinski definition) is 0. The number of furan rings is 1. The van der Waals surface area contributed by atoms with Gasteiger partial charge in [0.05, 0.1) is 20.0 Å². The van der Waals surface area contributed by atoms with Crippen LogP contribution in [0.1, 0.15) is 28.8 Å². The quantitative estimate of drug-likeness (QED) is 0.448. The van der Waals surface area contributed by atoms with Gasteiger partial charge in [-0.05, 0) is 44.2 Å². The molecule has 142 valence electrons. The second-order valence-corrected chi connectivity index (χ2v) is 6.68. The summed E-state index contributed by atoms with van der Waals surface area (Å²) in [6.45, 7) is 4.53. The molecular formula is C19H21N3O4S. The normalized spacial score (nSPS) is 10.8. The minimum absolute atomic E-state index is 0.397. The molecule has 7 nitrogen and oxygen atoms in total. The molecule has 0 amide bonds. The Morgan fingerprint density at radius 2 is 1.96 bits per heavy atom. The lowest BCUT2D eigenvalue weighted by molar-refractivity contribution is 0.0599. The van der Waals surface area contributed by atoms with Crippen molar-refractivity contribution in [1.29, 1.82) is 0 Å². The Morgan fingerprint density at radius 1 is 1.22 bits per heavy atom. The number of aryl methyl sites for hydroxylation is 1. The Kier molecular flexibility index (Phi) is 5.85. The highest BCUT2D eigenvalue weighted by Crippen LogP contribution is 2.28. The molecule has 3 aromatic rings. The summed E-state index contributed by atoms with van der Waals surface area (Å²) in [5.41, 5.74) is 1.42. The predicted molar refractivity (Wildman–Crippen MR) is 102 cm³/mol. The molecule has 0 unspecified atom stereocenters. The number of esters is 1. The molecule has 0 aliphatic heterocycles. The number of nitrogens with zero attached hydrogens (tertiary/aromatic N) is 3. The van der Waals surface area contributed by atoms with Crippen molar-refractivity contribution in [1.82, 2.24) is 14.8 Å². The maximum Gasteiger partial charge on any atom is 0.341 e. The van der Waals surface area contributed by atoms with E-state index in [1.165, 1.54) is 18.9 Å². The van der Waals surface area contributed by atoms with Crippen molar-refractivity contribution in [3.05, 3.63) is 47.4 Å². The molecule has 2 heterocycles. The first-order valence-corrected chi connectivity index (χ1v) is 9.44. The van der Waals surface area contributed by atoms with Crippen LogP contribution in [-0.4, -0.2) is 35.0 Å². The molecule has 0 spiro atoms. The van der Waals surface area contributed by atoms with Gasteiger partial charge in [-0.25, -0.2) is 4.79 Å². The fraction of sp³-hybridized carbons (Fsp3) is 0.316. The summed E-state index contributed by atoms with van der Waals surface area (Å²) >= 11 is 1.51. The van der Waals surface area contributed by atoms with Gasteiger partial charge in [-0.2, -0.15) is 0 Å². The molecule has 2 aromatic heterocycles. The molecule has 8 heteroatoms. The molecule has 0 bridgehead atoms. The van der Waals surface area contributed by atoms with Crippen molar-refractivity contribution in [3.63, 3.8) is 0 Å². The van der Waals surface area contributed by atoms with Crippen LogP contribution in [0.25, 0.3) is 11.4 Å². The Morgan fingerprint density at radius 3 is 2.59 bits per heavy atom. The lowest BCUT2D eigenvalue weighted by atomic mass is 10.2. The molecule has 0 saturated carbocycles. The van der Waals surface area contributed by atoms with Gasteiger partial charge in [0.15, 0.2) is 11.0 Å². The molecule has 0 N–H and O–H groups in total. The topological polar surface area (TPSA) is 79.4 Å². The molecular weight excluding hydrogens is 366 g/mol. The Labute approximate surface area is 161 Å². The number of methoxy groups -OCH3 is 2. The lowest BCUT2D eigenvalue weighted by Crippen LogP contribution is -2.00. The van der Waals surface area contributed by atoms with E-state index in [0.717, 1.165) is 28.8 Å². The van der Waals surface area contributed by atoms with Crippen LogP contribution < -0.4 is 4.74 Å². The van der Waals surface area contributed by atoms with Crippen molar-refractivity contribution < 1.29 is 18.7 Å². The third kappa shape index (κ3) is 4.00. The summed E-state index contributed by atoms with van der Waals surface area (Å²) in [5, 5.41) is 9.44. The zero-order chi connectivity index (χ0) is 19.4. The third-order valence-corrected chi connectivity index (χ3v) is 5.09. The first-order valence-electron chi connectivity index (χ1n) is 8.45. The zero-order valence-electron chi connectivity index (χ0n) is 15.7. The average Bonchev–Trinajstić information content (AvgIpc) is 3.28. The standard InChI is InChI=1S/C19H21N3O4S/c1-5-22-17(13-6-8-14(24-3)9-7-13)20-21-19(22)27-11-15-10-16(12(2)26-15)18(23)25-4/h6-10H,5,11H2,1-4H3. The Hall–Kier alpha value is -2.74. The SMILES string of the molecule is CCn1c(SCc2cc(C(=O)OC)c(C)o2)nnc1-c1ccc(OC)cc1. The molecule has 0 atom stereocenters. The van der Waals surface area contributed by atoms with Gasteiger partial charge >= 0.3 is 5.97 Å². The number of carbonyl (C=O) groups is 1. The van der Waals surface area contributed by atoms with E-state index in [-0.39, 0.29) is 0 Å². The number of thioether (sulfide) groups is 1. The smallest absolute Gasteiger partial charge is 0.341 e. The highest BCUT2D eigenvalue weighted by atomic mass is 32.2. The maximum absolute atomic E-state index is 11.7. The van der Waals surface area contributed by atoms with E-state index >= 15 is 0 Å². The van der Waals surface area contributed by atoms with Gasteiger partial charge < -0.3 is 18.5 Å². The highest BCUT2D eigenvalue weighted by molar-refractivity contribution is 7.98. The largest absolute Gasteiger partial charge is 0.497 e. The van der Waals surface area contributed by atoms with Crippen molar-refractivity contribution in [3.8, 4) is 17.1 Å². The summed E-state index contributed by atoms with van der Waals surface area (Å²) in [7, 11) is 2.99. The molecule has 0 fully saturated rings. The van der Waals surface area contributed by atoms with E-state index < -0.39 is 5.97 Å². The number of rotatable bonds is 7. The fourth-order valence-electron chi connectivity index (χ4n) is 2.70. The van der Waals surface area contributed by atoms with Crippen LogP contribution in [-0.2, 0) is 17.0 Å². The Bertz CT molecular complexity index is 931. The molecule has 0 aliphatic rings. The lowest BCUT2D eigenvalue weighted by Gasteiger charge is -2.07. The summed E-state index contributed by atoms with van der Waals surface area (Å²) < 4.78 is 17.7. The summed E-state index contributed by atoms with van der Waals surface area (Å²) in [4.78, 5) is 11.7. The van der Waals surface area contributed by atoms with E-state index in [0.29, 0.717) is 22.8 Å². The van der Waals surface area contributed by atoms with E-state index in [1.807, 2.05) is 35.8 Å². The summed E-state index contributed by atoms with van der Waals surface area (Å²) in [5.74, 6) is 2.98. The second kappa shape index (κ2) is 8.30. The zero-order valence-corrected chi connectivity index (χ0v) is 16.5. The van der Waals surface area contributed by atoms with Gasteiger partial charge in [0.2, 0.25) is 0 Å². The molecule has 3 rings (SSSR count). The number of benzene rings is 1.